The third kappa shape index (κ3) is 4.31. The van der Waals surface area contributed by atoms with Crippen LogP contribution in [-0.2, 0) is 16.1 Å². The molecule has 1 fully saturated rings. The van der Waals surface area contributed by atoms with E-state index in [-0.39, 0.29) is 11.8 Å². The van der Waals surface area contributed by atoms with Gasteiger partial charge in [0.05, 0.1) is 0 Å². The van der Waals surface area contributed by atoms with Gasteiger partial charge in [0.2, 0.25) is 11.8 Å². The number of piperidine rings is 1. The van der Waals surface area contributed by atoms with Crippen molar-refractivity contribution in [1.82, 2.24) is 4.90 Å². The first-order valence-corrected chi connectivity index (χ1v) is 7.54. The second-order valence-electron chi connectivity index (χ2n) is 6.68. The molecule has 1 saturated heterocycles. The predicted octanol–water partition coefficient (Wildman–Crippen LogP) is 3.18. The Balaban J connectivity index is 2.04. The van der Waals surface area contributed by atoms with E-state index in [1.165, 1.54) is 0 Å². The van der Waals surface area contributed by atoms with Crippen LogP contribution in [0.25, 0.3) is 0 Å². The molecule has 4 heteroatoms. The first-order valence-electron chi connectivity index (χ1n) is 7.54. The summed E-state index contributed by atoms with van der Waals surface area (Å²) in [6.45, 7) is 7.12. The topological polar surface area (TPSA) is 49.4 Å². The zero-order valence-electron chi connectivity index (χ0n) is 13.1. The van der Waals surface area contributed by atoms with Gasteiger partial charge < -0.3 is 10.2 Å². The number of carbonyl (C=O) groups is 2. The number of nitrogens with one attached hydrogen (secondary N) is 1. The molecule has 1 aromatic carbocycles. The van der Waals surface area contributed by atoms with E-state index in [9.17, 15) is 9.59 Å². The van der Waals surface area contributed by atoms with Crippen LogP contribution in [0.2, 0.25) is 0 Å². The molecule has 0 unspecified atom stereocenters. The smallest absolute Gasteiger partial charge is 0.229 e. The molecule has 0 atom stereocenters. The van der Waals surface area contributed by atoms with Gasteiger partial charge in [-0.3, -0.25) is 9.59 Å². The summed E-state index contributed by atoms with van der Waals surface area (Å²) in [4.78, 5) is 25.8. The van der Waals surface area contributed by atoms with Crippen LogP contribution in [0.3, 0.4) is 0 Å². The third-order valence-electron chi connectivity index (χ3n) is 3.66. The molecular formula is C17H24N2O2. The number of hydrogen-bond donors (Lipinski definition) is 1. The van der Waals surface area contributed by atoms with Crippen molar-refractivity contribution in [3.05, 3.63) is 29.8 Å². The summed E-state index contributed by atoms with van der Waals surface area (Å²) in [5.41, 5.74) is 1.42. The highest BCUT2D eigenvalue weighted by molar-refractivity contribution is 5.94. The zero-order valence-corrected chi connectivity index (χ0v) is 13.1. The Morgan fingerprint density at radius 1 is 1.29 bits per heavy atom. The highest BCUT2D eigenvalue weighted by Gasteiger charge is 2.21. The molecule has 2 rings (SSSR count). The number of carbonyl (C=O) groups excluding carboxylic acids is 2. The number of benzene rings is 1. The molecule has 0 aromatic heterocycles. The molecule has 21 heavy (non-hydrogen) atoms. The Morgan fingerprint density at radius 2 is 2.05 bits per heavy atom. The number of likely N-dealkylation sites (tertiary alicyclic amines) is 1. The van der Waals surface area contributed by atoms with Gasteiger partial charge in [-0.1, -0.05) is 32.9 Å². The average Bonchev–Trinajstić information content (AvgIpc) is 2.41. The first-order chi connectivity index (χ1) is 9.86. The van der Waals surface area contributed by atoms with Crippen molar-refractivity contribution < 1.29 is 9.59 Å². The Bertz CT molecular complexity index is 532. The van der Waals surface area contributed by atoms with E-state index in [1.54, 1.807) is 0 Å². The minimum atomic E-state index is -0.418. The largest absolute Gasteiger partial charge is 0.338 e. The molecule has 0 bridgehead atoms. The van der Waals surface area contributed by atoms with Gasteiger partial charge >= 0.3 is 0 Å². The molecule has 1 heterocycles. The second kappa shape index (κ2) is 6.29. The van der Waals surface area contributed by atoms with Crippen molar-refractivity contribution in [2.45, 2.75) is 46.6 Å². The molecule has 1 N–H and O–H groups in total. The van der Waals surface area contributed by atoms with Crippen molar-refractivity contribution in [1.29, 1.82) is 0 Å². The Labute approximate surface area is 126 Å². The van der Waals surface area contributed by atoms with Crippen LogP contribution in [0.15, 0.2) is 24.3 Å². The van der Waals surface area contributed by atoms with Gasteiger partial charge in [0.25, 0.3) is 0 Å². The van der Waals surface area contributed by atoms with Crippen LogP contribution >= 0.6 is 0 Å². The maximum absolute atomic E-state index is 12.0. The van der Waals surface area contributed by atoms with E-state index >= 15 is 0 Å². The highest BCUT2D eigenvalue weighted by atomic mass is 16.2. The maximum Gasteiger partial charge on any atom is 0.229 e. The summed E-state index contributed by atoms with van der Waals surface area (Å²) < 4.78 is 0. The number of anilines is 1. The van der Waals surface area contributed by atoms with Gasteiger partial charge in [0, 0.05) is 30.6 Å². The van der Waals surface area contributed by atoms with E-state index in [0.717, 1.165) is 30.6 Å². The highest BCUT2D eigenvalue weighted by Crippen LogP contribution is 2.20. The third-order valence-corrected chi connectivity index (χ3v) is 3.66. The lowest BCUT2D eigenvalue weighted by Crippen LogP contribution is -2.34. The summed E-state index contributed by atoms with van der Waals surface area (Å²) in [7, 11) is 0. The summed E-state index contributed by atoms with van der Waals surface area (Å²) in [6.07, 6.45) is 2.73. The molecule has 1 aliphatic heterocycles. The molecule has 0 aliphatic carbocycles. The Kier molecular flexibility index (Phi) is 4.66. The monoisotopic (exact) mass is 288 g/mol. The van der Waals surface area contributed by atoms with E-state index in [0.29, 0.717) is 13.0 Å². The lowest BCUT2D eigenvalue weighted by atomic mass is 9.95. The lowest BCUT2D eigenvalue weighted by molar-refractivity contribution is -0.133. The molecule has 1 aromatic rings. The quantitative estimate of drug-likeness (QED) is 0.928. The molecule has 2 amide bonds. The predicted molar refractivity (Wildman–Crippen MR) is 83.8 cm³/mol. The van der Waals surface area contributed by atoms with E-state index in [1.807, 2.05) is 49.9 Å². The van der Waals surface area contributed by atoms with Gasteiger partial charge in [-0.15, -0.1) is 0 Å². The minimum absolute atomic E-state index is 0.00583. The van der Waals surface area contributed by atoms with Crippen molar-refractivity contribution in [3.8, 4) is 0 Å². The molecular weight excluding hydrogens is 264 g/mol. The lowest BCUT2D eigenvalue weighted by Gasteiger charge is -2.27. The minimum Gasteiger partial charge on any atom is -0.338 e. The van der Waals surface area contributed by atoms with Crippen molar-refractivity contribution in [2.75, 3.05) is 11.9 Å². The fourth-order valence-corrected chi connectivity index (χ4v) is 2.32. The van der Waals surface area contributed by atoms with Crippen molar-refractivity contribution in [3.63, 3.8) is 0 Å². The molecule has 0 saturated carbocycles. The zero-order chi connectivity index (χ0) is 15.5. The SMILES string of the molecule is CC(C)(C)C(=O)Nc1cccc(CN2CCCCC2=O)c1. The molecule has 0 spiro atoms. The summed E-state index contributed by atoms with van der Waals surface area (Å²) in [5, 5.41) is 2.93. The van der Waals surface area contributed by atoms with Gasteiger partial charge in [-0.25, -0.2) is 0 Å². The van der Waals surface area contributed by atoms with Crippen LogP contribution in [0, 0.1) is 5.41 Å². The van der Waals surface area contributed by atoms with Crippen LogP contribution in [-0.4, -0.2) is 23.3 Å². The summed E-state index contributed by atoms with van der Waals surface area (Å²) >= 11 is 0. The molecule has 4 nitrogen and oxygen atoms in total. The number of amides is 2. The van der Waals surface area contributed by atoms with Crippen molar-refractivity contribution in [2.24, 2.45) is 5.41 Å². The first kappa shape index (κ1) is 15.5. The summed E-state index contributed by atoms with van der Waals surface area (Å²) in [5.74, 6) is 0.221. The van der Waals surface area contributed by atoms with Crippen molar-refractivity contribution >= 4 is 17.5 Å². The Hall–Kier alpha value is -1.84. The number of nitrogens with zero attached hydrogens (tertiary/aromatic N) is 1. The van der Waals surface area contributed by atoms with Crippen LogP contribution < -0.4 is 5.32 Å². The fourth-order valence-electron chi connectivity index (χ4n) is 2.32. The number of hydrogen-bond acceptors (Lipinski definition) is 2. The Morgan fingerprint density at radius 3 is 2.71 bits per heavy atom. The van der Waals surface area contributed by atoms with Crippen LogP contribution in [0.4, 0.5) is 5.69 Å². The molecule has 114 valence electrons. The van der Waals surface area contributed by atoms with E-state index < -0.39 is 5.41 Å². The van der Waals surface area contributed by atoms with E-state index in [2.05, 4.69) is 5.32 Å². The summed E-state index contributed by atoms with van der Waals surface area (Å²) in [6, 6.07) is 7.74. The fraction of sp³-hybridized carbons (Fsp3) is 0.529. The van der Waals surface area contributed by atoms with Gasteiger partial charge in [0.15, 0.2) is 0 Å². The average molecular weight is 288 g/mol. The van der Waals surface area contributed by atoms with Gasteiger partial charge in [-0.2, -0.15) is 0 Å². The van der Waals surface area contributed by atoms with Gasteiger partial charge in [0.1, 0.15) is 0 Å². The molecule has 1 aliphatic rings. The van der Waals surface area contributed by atoms with Crippen LogP contribution in [0.5, 0.6) is 0 Å². The number of rotatable bonds is 3. The maximum atomic E-state index is 12.0. The van der Waals surface area contributed by atoms with E-state index in [4.69, 9.17) is 0 Å². The molecule has 0 radical (unpaired) electrons. The second-order valence-corrected chi connectivity index (χ2v) is 6.68. The van der Waals surface area contributed by atoms with Crippen LogP contribution in [0.1, 0.15) is 45.6 Å². The normalized spacial score (nSPS) is 16.0. The van der Waals surface area contributed by atoms with Gasteiger partial charge in [-0.05, 0) is 30.5 Å². The standard InChI is InChI=1S/C17H24N2O2/c1-17(2,3)16(21)18-14-8-6-7-13(11-14)12-19-10-5-4-9-15(19)20/h6-8,11H,4-5,9-10,12H2,1-3H3,(H,18,21).